The Morgan fingerprint density at radius 2 is 2.04 bits per heavy atom. The van der Waals surface area contributed by atoms with Crippen molar-refractivity contribution in [2.24, 2.45) is 0 Å². The number of nitrogens with zero attached hydrogens (tertiary/aromatic N) is 1. The number of rotatable bonds is 5. The monoisotopic (exact) mass is 339 g/mol. The highest BCUT2D eigenvalue weighted by Crippen LogP contribution is 2.31. The molecular weight excluding hydrogens is 318 g/mol. The molecule has 130 valence electrons. The maximum Gasteiger partial charge on any atom is 0.315 e. The van der Waals surface area contributed by atoms with E-state index in [0.717, 1.165) is 33.6 Å². The number of furan rings is 1. The molecule has 1 atom stereocenters. The molecule has 6 nitrogen and oxygen atoms in total. The van der Waals surface area contributed by atoms with Gasteiger partial charge in [0.1, 0.15) is 17.1 Å². The van der Waals surface area contributed by atoms with Crippen LogP contribution in [0.1, 0.15) is 29.9 Å². The van der Waals surface area contributed by atoms with Gasteiger partial charge in [0.2, 0.25) is 0 Å². The van der Waals surface area contributed by atoms with Crippen LogP contribution in [0.3, 0.4) is 0 Å². The number of aryl methyl sites for hydroxylation is 1. The number of benzene rings is 1. The average molecular weight is 339 g/mol. The molecule has 3 aromatic rings. The van der Waals surface area contributed by atoms with Crippen molar-refractivity contribution in [1.29, 1.82) is 0 Å². The van der Waals surface area contributed by atoms with E-state index in [0.29, 0.717) is 6.54 Å². The van der Waals surface area contributed by atoms with Crippen molar-refractivity contribution in [2.75, 3.05) is 7.11 Å². The van der Waals surface area contributed by atoms with Gasteiger partial charge in [-0.05, 0) is 49.7 Å². The van der Waals surface area contributed by atoms with E-state index < -0.39 is 0 Å². The molecule has 2 aromatic heterocycles. The van der Waals surface area contributed by atoms with Gasteiger partial charge in [-0.3, -0.25) is 4.98 Å². The second-order valence-corrected chi connectivity index (χ2v) is 5.86. The van der Waals surface area contributed by atoms with Crippen molar-refractivity contribution in [3.05, 3.63) is 59.6 Å². The number of hydrogen-bond donors (Lipinski definition) is 2. The van der Waals surface area contributed by atoms with E-state index in [9.17, 15) is 4.79 Å². The molecule has 0 fully saturated rings. The Bertz CT molecular complexity index is 874. The molecule has 1 aromatic carbocycles. The molecule has 25 heavy (non-hydrogen) atoms. The zero-order valence-corrected chi connectivity index (χ0v) is 14.5. The molecule has 2 N–H and O–H groups in total. The maximum atomic E-state index is 12.1. The number of aromatic nitrogens is 1. The summed E-state index contributed by atoms with van der Waals surface area (Å²) in [4.78, 5) is 16.1. The lowest BCUT2D eigenvalue weighted by Gasteiger charge is -2.13. The zero-order valence-electron chi connectivity index (χ0n) is 14.5. The molecule has 3 rings (SSSR count). The second kappa shape index (κ2) is 7.25. The number of urea groups is 1. The lowest BCUT2D eigenvalue weighted by molar-refractivity contribution is 0.236. The van der Waals surface area contributed by atoms with E-state index >= 15 is 0 Å². The highest BCUT2D eigenvalue weighted by Gasteiger charge is 2.18. The molecule has 2 heterocycles. The summed E-state index contributed by atoms with van der Waals surface area (Å²) in [7, 11) is 1.63. The van der Waals surface area contributed by atoms with Crippen LogP contribution in [0.2, 0.25) is 0 Å². The first-order valence-corrected chi connectivity index (χ1v) is 8.09. The first-order valence-electron chi connectivity index (χ1n) is 8.09. The molecule has 0 saturated carbocycles. The van der Waals surface area contributed by atoms with E-state index in [-0.39, 0.29) is 12.1 Å². The Hall–Kier alpha value is -3.02. The number of hydrogen-bond acceptors (Lipinski definition) is 4. The van der Waals surface area contributed by atoms with Gasteiger partial charge >= 0.3 is 6.03 Å². The zero-order chi connectivity index (χ0) is 17.8. The van der Waals surface area contributed by atoms with Crippen LogP contribution in [-0.4, -0.2) is 18.1 Å². The summed E-state index contributed by atoms with van der Waals surface area (Å²) in [5, 5.41) is 6.72. The SMILES string of the molecule is COc1ccc2oc([C@@H](C)NC(=O)NCc3ccncc3)c(C)c2c1. The summed E-state index contributed by atoms with van der Waals surface area (Å²) < 4.78 is 11.2. The van der Waals surface area contributed by atoms with Gasteiger partial charge in [0, 0.05) is 29.9 Å². The molecule has 0 radical (unpaired) electrons. The van der Waals surface area contributed by atoms with Gasteiger partial charge in [-0.25, -0.2) is 4.79 Å². The van der Waals surface area contributed by atoms with Crippen LogP contribution < -0.4 is 15.4 Å². The maximum absolute atomic E-state index is 12.1. The summed E-state index contributed by atoms with van der Waals surface area (Å²) in [6, 6.07) is 8.89. The molecule has 0 aliphatic carbocycles. The van der Waals surface area contributed by atoms with Crippen molar-refractivity contribution in [3.8, 4) is 5.75 Å². The molecule has 0 bridgehead atoms. The number of carbonyl (C=O) groups is 1. The van der Waals surface area contributed by atoms with Crippen LogP contribution in [-0.2, 0) is 6.54 Å². The van der Waals surface area contributed by atoms with Crippen molar-refractivity contribution in [2.45, 2.75) is 26.4 Å². The fraction of sp³-hybridized carbons (Fsp3) is 0.263. The molecule has 0 saturated heterocycles. The Morgan fingerprint density at radius 1 is 1.28 bits per heavy atom. The van der Waals surface area contributed by atoms with Crippen LogP contribution in [0.25, 0.3) is 11.0 Å². The van der Waals surface area contributed by atoms with Crippen LogP contribution in [0, 0.1) is 6.92 Å². The minimum Gasteiger partial charge on any atom is -0.497 e. The Balaban J connectivity index is 1.68. The number of ether oxygens (including phenoxy) is 1. The molecule has 2 amide bonds. The highest BCUT2D eigenvalue weighted by atomic mass is 16.5. The minimum atomic E-state index is -0.254. The normalized spacial score (nSPS) is 12.0. The number of methoxy groups -OCH3 is 1. The van der Waals surface area contributed by atoms with E-state index in [1.807, 2.05) is 44.2 Å². The van der Waals surface area contributed by atoms with Gasteiger partial charge in [-0.2, -0.15) is 0 Å². The van der Waals surface area contributed by atoms with Gasteiger partial charge in [-0.15, -0.1) is 0 Å². The van der Waals surface area contributed by atoms with Gasteiger partial charge in [0.25, 0.3) is 0 Å². The lowest BCUT2D eigenvalue weighted by atomic mass is 10.1. The molecule has 0 spiro atoms. The first kappa shape index (κ1) is 16.8. The molecule has 6 heteroatoms. The molecule has 0 aliphatic heterocycles. The third-order valence-electron chi connectivity index (χ3n) is 4.12. The van der Waals surface area contributed by atoms with Gasteiger partial charge in [0.05, 0.1) is 13.2 Å². The van der Waals surface area contributed by atoms with Gasteiger partial charge < -0.3 is 19.8 Å². The summed E-state index contributed by atoms with van der Waals surface area (Å²) in [6.45, 7) is 4.32. The summed E-state index contributed by atoms with van der Waals surface area (Å²) in [5.74, 6) is 1.51. The van der Waals surface area contributed by atoms with Crippen LogP contribution >= 0.6 is 0 Å². The quantitative estimate of drug-likeness (QED) is 0.743. The predicted molar refractivity (Wildman–Crippen MR) is 95.5 cm³/mol. The minimum absolute atomic E-state index is 0.248. The number of pyridine rings is 1. The van der Waals surface area contributed by atoms with E-state index in [2.05, 4.69) is 15.6 Å². The topological polar surface area (TPSA) is 76.4 Å². The van der Waals surface area contributed by atoms with E-state index in [1.54, 1.807) is 19.5 Å². The fourth-order valence-electron chi connectivity index (χ4n) is 2.76. The molecular formula is C19H21N3O3. The van der Waals surface area contributed by atoms with Crippen molar-refractivity contribution < 1.29 is 13.9 Å². The van der Waals surface area contributed by atoms with Crippen molar-refractivity contribution in [3.63, 3.8) is 0 Å². The lowest BCUT2D eigenvalue weighted by Crippen LogP contribution is -2.36. The second-order valence-electron chi connectivity index (χ2n) is 5.86. The standard InChI is InChI=1S/C19H21N3O3/c1-12-16-10-15(24-3)4-5-17(16)25-18(12)13(2)22-19(23)21-11-14-6-8-20-9-7-14/h4-10,13H,11H2,1-3H3,(H2,21,22,23)/t13-/m1/s1. The number of amides is 2. The van der Waals surface area contributed by atoms with Crippen molar-refractivity contribution >= 4 is 17.0 Å². The van der Waals surface area contributed by atoms with E-state index in [4.69, 9.17) is 9.15 Å². The third-order valence-corrected chi connectivity index (χ3v) is 4.12. The highest BCUT2D eigenvalue weighted by molar-refractivity contribution is 5.84. The number of fused-ring (bicyclic) bond motifs is 1. The van der Waals surface area contributed by atoms with Crippen LogP contribution in [0.15, 0.2) is 47.1 Å². The van der Waals surface area contributed by atoms with E-state index in [1.165, 1.54) is 0 Å². The predicted octanol–water partition coefficient (Wildman–Crippen LogP) is 3.71. The van der Waals surface area contributed by atoms with Crippen LogP contribution in [0.4, 0.5) is 4.79 Å². The smallest absolute Gasteiger partial charge is 0.315 e. The Morgan fingerprint density at radius 3 is 2.76 bits per heavy atom. The molecule has 0 aliphatic rings. The number of carbonyl (C=O) groups excluding carboxylic acids is 1. The third kappa shape index (κ3) is 3.74. The summed E-state index contributed by atoms with van der Waals surface area (Å²) >= 11 is 0. The Kier molecular flexibility index (Phi) is 4.88. The van der Waals surface area contributed by atoms with Crippen LogP contribution in [0.5, 0.6) is 5.75 Å². The number of nitrogens with one attached hydrogen (secondary N) is 2. The Labute approximate surface area is 146 Å². The summed E-state index contributed by atoms with van der Waals surface area (Å²) in [6.07, 6.45) is 3.40. The van der Waals surface area contributed by atoms with Crippen molar-refractivity contribution in [1.82, 2.24) is 15.6 Å². The van der Waals surface area contributed by atoms with Gasteiger partial charge in [-0.1, -0.05) is 0 Å². The average Bonchev–Trinajstić information content (AvgIpc) is 2.97. The largest absolute Gasteiger partial charge is 0.497 e. The summed E-state index contributed by atoms with van der Waals surface area (Å²) in [5.41, 5.74) is 2.76. The fourth-order valence-corrected chi connectivity index (χ4v) is 2.76. The first-order chi connectivity index (χ1) is 12.1. The molecule has 0 unspecified atom stereocenters. The van der Waals surface area contributed by atoms with Gasteiger partial charge in [0.15, 0.2) is 0 Å².